The van der Waals surface area contributed by atoms with Crippen LogP contribution in [-0.4, -0.2) is 48.7 Å². The molecule has 2 amide bonds. The first-order valence-electron chi connectivity index (χ1n) is 7.66. The molecule has 23 heavy (non-hydrogen) atoms. The first-order chi connectivity index (χ1) is 11.0. The van der Waals surface area contributed by atoms with E-state index in [1.807, 2.05) is 18.2 Å². The van der Waals surface area contributed by atoms with Crippen LogP contribution in [-0.2, 0) is 16.0 Å². The van der Waals surface area contributed by atoms with E-state index in [-0.39, 0.29) is 25.3 Å². The number of likely N-dealkylation sites (tertiary alicyclic amines) is 1. The van der Waals surface area contributed by atoms with Gasteiger partial charge < -0.3 is 20.1 Å². The van der Waals surface area contributed by atoms with Crippen LogP contribution in [0.5, 0.6) is 11.5 Å². The highest BCUT2D eigenvalue weighted by Gasteiger charge is 2.38. The van der Waals surface area contributed by atoms with Crippen LogP contribution in [0.4, 0.5) is 4.39 Å². The van der Waals surface area contributed by atoms with Crippen molar-refractivity contribution in [3.05, 3.63) is 23.8 Å². The number of halogens is 1. The Morgan fingerprint density at radius 1 is 1.26 bits per heavy atom. The molecule has 2 heterocycles. The van der Waals surface area contributed by atoms with E-state index in [1.54, 1.807) is 0 Å². The van der Waals surface area contributed by atoms with Crippen molar-refractivity contribution in [3.63, 3.8) is 0 Å². The summed E-state index contributed by atoms with van der Waals surface area (Å²) >= 11 is 0. The zero-order valence-corrected chi connectivity index (χ0v) is 12.7. The molecule has 7 heteroatoms. The van der Waals surface area contributed by atoms with Crippen LogP contribution in [0.25, 0.3) is 0 Å². The minimum absolute atomic E-state index is 0.00883. The van der Waals surface area contributed by atoms with Crippen LogP contribution < -0.4 is 15.2 Å². The number of amides is 2. The quantitative estimate of drug-likeness (QED) is 0.889. The van der Waals surface area contributed by atoms with Gasteiger partial charge in [-0.05, 0) is 24.1 Å². The number of hydrogen-bond donors (Lipinski definition) is 1. The molecule has 2 aliphatic heterocycles. The standard InChI is InChI=1S/C16H19FN2O4/c17-11-8-12(16(18)21)19(9-11)15(20)4-2-10-1-3-13-14(7-10)23-6-5-22-13/h1,3,7,11-12H,2,4-6,8-9H2,(H2,18,21)/t11-,12+/m1/s1. The lowest BCUT2D eigenvalue weighted by atomic mass is 10.1. The highest BCUT2D eigenvalue weighted by Crippen LogP contribution is 2.31. The van der Waals surface area contributed by atoms with E-state index >= 15 is 0 Å². The summed E-state index contributed by atoms with van der Waals surface area (Å²) in [5, 5.41) is 0. The predicted octanol–water partition coefficient (Wildman–Crippen LogP) is 0.815. The van der Waals surface area contributed by atoms with Gasteiger partial charge in [-0.25, -0.2) is 4.39 Å². The summed E-state index contributed by atoms with van der Waals surface area (Å²) in [5.74, 6) is 0.447. The number of nitrogens with two attached hydrogens (primary N) is 1. The summed E-state index contributed by atoms with van der Waals surface area (Å²) in [4.78, 5) is 24.8. The maximum Gasteiger partial charge on any atom is 0.240 e. The Morgan fingerprint density at radius 3 is 2.74 bits per heavy atom. The molecule has 0 aromatic heterocycles. The van der Waals surface area contributed by atoms with Gasteiger partial charge in [-0.2, -0.15) is 0 Å². The number of carbonyl (C=O) groups excluding carboxylic acids is 2. The molecule has 0 radical (unpaired) electrons. The molecule has 0 saturated carbocycles. The average Bonchev–Trinajstić information content (AvgIpc) is 2.95. The number of nitrogens with zero attached hydrogens (tertiary/aromatic N) is 1. The summed E-state index contributed by atoms with van der Waals surface area (Å²) in [7, 11) is 0. The Labute approximate surface area is 133 Å². The maximum atomic E-state index is 13.5. The SMILES string of the molecule is NC(=O)[C@@H]1C[C@@H](F)CN1C(=O)CCc1ccc2c(c1)OCCO2. The summed E-state index contributed by atoms with van der Waals surface area (Å²) in [6.45, 7) is 0.966. The third-order valence-electron chi connectivity index (χ3n) is 4.13. The second-order valence-electron chi connectivity index (χ2n) is 5.78. The molecular formula is C16H19FN2O4. The van der Waals surface area contributed by atoms with Crippen molar-refractivity contribution >= 4 is 11.8 Å². The minimum Gasteiger partial charge on any atom is -0.486 e. The number of benzene rings is 1. The molecule has 0 unspecified atom stereocenters. The molecule has 1 fully saturated rings. The fraction of sp³-hybridized carbons (Fsp3) is 0.500. The third-order valence-corrected chi connectivity index (χ3v) is 4.13. The van der Waals surface area contributed by atoms with E-state index in [1.165, 1.54) is 4.90 Å². The van der Waals surface area contributed by atoms with Gasteiger partial charge in [0.1, 0.15) is 25.4 Å². The van der Waals surface area contributed by atoms with Gasteiger partial charge >= 0.3 is 0 Å². The van der Waals surface area contributed by atoms with Crippen LogP contribution in [0, 0.1) is 0 Å². The molecule has 2 N–H and O–H groups in total. The normalized spacial score (nSPS) is 22.9. The van der Waals surface area contributed by atoms with E-state index in [0.717, 1.165) is 5.56 Å². The van der Waals surface area contributed by atoms with Crippen molar-refractivity contribution in [2.24, 2.45) is 5.73 Å². The number of fused-ring (bicyclic) bond motifs is 1. The van der Waals surface area contributed by atoms with Gasteiger partial charge in [-0.15, -0.1) is 0 Å². The minimum atomic E-state index is -1.19. The van der Waals surface area contributed by atoms with Gasteiger partial charge in [0.15, 0.2) is 11.5 Å². The molecule has 1 aromatic carbocycles. The van der Waals surface area contributed by atoms with Crippen molar-refractivity contribution in [3.8, 4) is 11.5 Å². The van der Waals surface area contributed by atoms with Crippen LogP contribution >= 0.6 is 0 Å². The Morgan fingerprint density at radius 2 is 2.00 bits per heavy atom. The highest BCUT2D eigenvalue weighted by molar-refractivity contribution is 5.87. The largest absolute Gasteiger partial charge is 0.486 e. The predicted molar refractivity (Wildman–Crippen MR) is 80.0 cm³/mol. The van der Waals surface area contributed by atoms with Crippen LogP contribution in [0.1, 0.15) is 18.4 Å². The zero-order chi connectivity index (χ0) is 16.4. The average molecular weight is 322 g/mol. The molecule has 0 aliphatic carbocycles. The van der Waals surface area contributed by atoms with E-state index < -0.39 is 18.1 Å². The molecule has 2 atom stereocenters. The Bertz CT molecular complexity index is 622. The molecule has 1 saturated heterocycles. The number of alkyl halides is 1. The first kappa shape index (κ1) is 15.6. The van der Waals surface area contributed by atoms with Crippen LogP contribution in [0.2, 0.25) is 0 Å². The number of ether oxygens (including phenoxy) is 2. The smallest absolute Gasteiger partial charge is 0.240 e. The molecular weight excluding hydrogens is 303 g/mol. The number of aryl methyl sites for hydroxylation is 1. The van der Waals surface area contributed by atoms with Gasteiger partial charge in [0.2, 0.25) is 11.8 Å². The molecule has 6 nitrogen and oxygen atoms in total. The molecule has 1 aromatic rings. The summed E-state index contributed by atoms with van der Waals surface area (Å²) in [5.41, 5.74) is 6.17. The second-order valence-corrected chi connectivity index (χ2v) is 5.78. The lowest BCUT2D eigenvalue weighted by molar-refractivity contribution is -0.137. The van der Waals surface area contributed by atoms with Gasteiger partial charge in [-0.1, -0.05) is 6.07 Å². The number of hydrogen-bond acceptors (Lipinski definition) is 4. The molecule has 2 aliphatic rings. The first-order valence-corrected chi connectivity index (χ1v) is 7.66. The molecule has 0 spiro atoms. The summed E-state index contributed by atoms with van der Waals surface area (Å²) < 4.78 is 24.4. The third kappa shape index (κ3) is 3.38. The number of primary amides is 1. The topological polar surface area (TPSA) is 81.9 Å². The van der Waals surface area contributed by atoms with Crippen LogP contribution in [0.3, 0.4) is 0 Å². The fourth-order valence-electron chi connectivity index (χ4n) is 2.97. The molecule has 3 rings (SSSR count). The molecule has 0 bridgehead atoms. The van der Waals surface area contributed by atoms with Gasteiger partial charge in [0.05, 0.1) is 6.54 Å². The zero-order valence-electron chi connectivity index (χ0n) is 12.7. The summed E-state index contributed by atoms with van der Waals surface area (Å²) in [6, 6.07) is 4.69. The fourth-order valence-corrected chi connectivity index (χ4v) is 2.97. The Kier molecular flexibility index (Phi) is 4.36. The van der Waals surface area contributed by atoms with E-state index in [4.69, 9.17) is 15.2 Å². The van der Waals surface area contributed by atoms with Crippen LogP contribution in [0.15, 0.2) is 18.2 Å². The van der Waals surface area contributed by atoms with Crippen molar-refractivity contribution in [2.45, 2.75) is 31.5 Å². The van der Waals surface area contributed by atoms with Crippen molar-refractivity contribution < 1.29 is 23.5 Å². The lowest BCUT2D eigenvalue weighted by Crippen LogP contribution is -2.43. The Hall–Kier alpha value is -2.31. The van der Waals surface area contributed by atoms with E-state index in [9.17, 15) is 14.0 Å². The number of carbonyl (C=O) groups is 2. The molecule has 124 valence electrons. The Balaban J connectivity index is 1.61. The van der Waals surface area contributed by atoms with Crippen molar-refractivity contribution in [2.75, 3.05) is 19.8 Å². The van der Waals surface area contributed by atoms with E-state index in [2.05, 4.69) is 0 Å². The number of rotatable bonds is 4. The van der Waals surface area contributed by atoms with Gasteiger partial charge in [0.25, 0.3) is 0 Å². The van der Waals surface area contributed by atoms with Crippen molar-refractivity contribution in [1.82, 2.24) is 4.90 Å². The summed E-state index contributed by atoms with van der Waals surface area (Å²) in [6.07, 6.45) is -0.527. The highest BCUT2D eigenvalue weighted by atomic mass is 19.1. The van der Waals surface area contributed by atoms with Gasteiger partial charge in [-0.3, -0.25) is 9.59 Å². The van der Waals surface area contributed by atoms with Gasteiger partial charge in [0, 0.05) is 12.8 Å². The lowest BCUT2D eigenvalue weighted by Gasteiger charge is -2.22. The van der Waals surface area contributed by atoms with E-state index in [0.29, 0.717) is 31.1 Å². The van der Waals surface area contributed by atoms with Crippen molar-refractivity contribution in [1.29, 1.82) is 0 Å². The maximum absolute atomic E-state index is 13.5. The monoisotopic (exact) mass is 322 g/mol. The second kappa shape index (κ2) is 6.44.